The Kier molecular flexibility index (Phi) is 4.81. The smallest absolute Gasteiger partial charge is 0.230 e. The van der Waals surface area contributed by atoms with E-state index >= 15 is 0 Å². The minimum absolute atomic E-state index is 0.133. The molecule has 1 saturated heterocycles. The molecule has 110 valence electrons. The topological polar surface area (TPSA) is 41.1 Å². The molecule has 0 aliphatic carbocycles. The van der Waals surface area contributed by atoms with Crippen LogP contribution in [0, 0.1) is 0 Å². The van der Waals surface area contributed by atoms with Crippen LogP contribution in [0.3, 0.4) is 0 Å². The van der Waals surface area contributed by atoms with Crippen LogP contribution in [0.25, 0.3) is 0 Å². The van der Waals surface area contributed by atoms with Gasteiger partial charge >= 0.3 is 0 Å². The molecule has 1 aromatic carbocycles. The molecule has 0 saturated carbocycles. The normalized spacial score (nSPS) is 16.9. The Morgan fingerprint density at radius 3 is 2.40 bits per heavy atom. The third-order valence-electron chi connectivity index (χ3n) is 4.33. The first-order chi connectivity index (χ1) is 9.54. The van der Waals surface area contributed by atoms with Crippen molar-refractivity contribution in [1.29, 1.82) is 0 Å². The minimum atomic E-state index is -0.475. The van der Waals surface area contributed by atoms with Gasteiger partial charge in [0, 0.05) is 6.04 Å². The van der Waals surface area contributed by atoms with Crippen molar-refractivity contribution in [3.05, 3.63) is 35.4 Å². The van der Waals surface area contributed by atoms with Crippen molar-refractivity contribution in [2.45, 2.75) is 51.5 Å². The van der Waals surface area contributed by atoms with Gasteiger partial charge in [-0.05, 0) is 57.3 Å². The lowest BCUT2D eigenvalue weighted by atomic mass is 9.82. The summed E-state index contributed by atoms with van der Waals surface area (Å²) in [6.07, 6.45) is 3.08. The molecule has 20 heavy (non-hydrogen) atoms. The predicted octanol–water partition coefficient (Wildman–Crippen LogP) is 2.39. The molecule has 0 atom stereocenters. The van der Waals surface area contributed by atoms with Gasteiger partial charge in [-0.2, -0.15) is 0 Å². The molecule has 0 unspecified atom stereocenters. The van der Waals surface area contributed by atoms with Crippen molar-refractivity contribution in [3.63, 3.8) is 0 Å². The molecule has 0 radical (unpaired) electrons. The number of nitrogens with one attached hydrogen (secondary N) is 2. The Bertz CT molecular complexity index is 445. The van der Waals surface area contributed by atoms with E-state index in [9.17, 15) is 4.79 Å². The van der Waals surface area contributed by atoms with E-state index in [1.54, 1.807) is 0 Å². The van der Waals surface area contributed by atoms with Crippen LogP contribution in [0.1, 0.15) is 44.7 Å². The van der Waals surface area contributed by atoms with E-state index in [1.165, 1.54) is 5.56 Å². The van der Waals surface area contributed by atoms with Gasteiger partial charge in [0.05, 0.1) is 5.41 Å². The van der Waals surface area contributed by atoms with E-state index in [1.807, 2.05) is 13.8 Å². The van der Waals surface area contributed by atoms with Crippen LogP contribution >= 0.6 is 0 Å². The summed E-state index contributed by atoms with van der Waals surface area (Å²) in [5.74, 6) is 0.133. The van der Waals surface area contributed by atoms with E-state index in [2.05, 4.69) is 41.8 Å². The molecular weight excluding hydrogens is 248 g/mol. The van der Waals surface area contributed by atoms with Gasteiger partial charge in [0.15, 0.2) is 0 Å². The summed E-state index contributed by atoms with van der Waals surface area (Å²) >= 11 is 0. The Hall–Kier alpha value is -1.35. The van der Waals surface area contributed by atoms with Crippen LogP contribution in [0.5, 0.6) is 0 Å². The fraction of sp³-hybridized carbons (Fsp3) is 0.588. The van der Waals surface area contributed by atoms with Crippen LogP contribution < -0.4 is 10.6 Å². The Morgan fingerprint density at radius 2 is 1.85 bits per heavy atom. The SMILES string of the molecule is CCc1ccc(C(C)(C)C(=O)NC2CCNCC2)cc1. The fourth-order valence-corrected chi connectivity index (χ4v) is 2.62. The van der Waals surface area contributed by atoms with Gasteiger partial charge in [-0.3, -0.25) is 4.79 Å². The number of rotatable bonds is 4. The van der Waals surface area contributed by atoms with Crippen molar-refractivity contribution < 1.29 is 4.79 Å². The number of hydrogen-bond donors (Lipinski definition) is 2. The Labute approximate surface area is 122 Å². The predicted molar refractivity (Wildman–Crippen MR) is 82.9 cm³/mol. The van der Waals surface area contributed by atoms with Crippen molar-refractivity contribution in [2.75, 3.05) is 13.1 Å². The van der Waals surface area contributed by atoms with Gasteiger partial charge in [-0.25, -0.2) is 0 Å². The van der Waals surface area contributed by atoms with Gasteiger partial charge < -0.3 is 10.6 Å². The molecule has 1 amide bonds. The summed E-state index contributed by atoms with van der Waals surface area (Å²) in [6.45, 7) is 8.14. The highest BCUT2D eigenvalue weighted by Crippen LogP contribution is 2.24. The minimum Gasteiger partial charge on any atom is -0.353 e. The summed E-state index contributed by atoms with van der Waals surface area (Å²) in [4.78, 5) is 12.6. The van der Waals surface area contributed by atoms with Crippen molar-refractivity contribution in [3.8, 4) is 0 Å². The second kappa shape index (κ2) is 6.40. The molecule has 0 spiro atoms. The number of aryl methyl sites for hydroxylation is 1. The molecule has 1 aliphatic rings. The van der Waals surface area contributed by atoms with E-state index < -0.39 is 5.41 Å². The number of carbonyl (C=O) groups excluding carboxylic acids is 1. The molecule has 2 N–H and O–H groups in total. The highest BCUT2D eigenvalue weighted by atomic mass is 16.2. The zero-order valence-corrected chi connectivity index (χ0v) is 12.8. The van der Waals surface area contributed by atoms with Crippen molar-refractivity contribution >= 4 is 5.91 Å². The number of amides is 1. The van der Waals surface area contributed by atoms with E-state index in [-0.39, 0.29) is 5.91 Å². The van der Waals surface area contributed by atoms with Gasteiger partial charge in [0.2, 0.25) is 5.91 Å². The summed E-state index contributed by atoms with van der Waals surface area (Å²) < 4.78 is 0. The lowest BCUT2D eigenvalue weighted by molar-refractivity contribution is -0.126. The number of benzene rings is 1. The maximum Gasteiger partial charge on any atom is 0.230 e. The number of hydrogen-bond acceptors (Lipinski definition) is 2. The third-order valence-corrected chi connectivity index (χ3v) is 4.33. The molecule has 0 aromatic heterocycles. The molecule has 1 fully saturated rings. The molecule has 3 heteroatoms. The van der Waals surface area contributed by atoms with Gasteiger partial charge in [0.25, 0.3) is 0 Å². The number of piperidine rings is 1. The summed E-state index contributed by atoms with van der Waals surface area (Å²) in [5, 5.41) is 6.53. The van der Waals surface area contributed by atoms with Crippen molar-refractivity contribution in [2.24, 2.45) is 0 Å². The lowest BCUT2D eigenvalue weighted by Crippen LogP contribution is -2.48. The van der Waals surface area contributed by atoms with Crippen LogP contribution in [0.2, 0.25) is 0 Å². The van der Waals surface area contributed by atoms with E-state index in [4.69, 9.17) is 0 Å². The first kappa shape index (κ1) is 15.0. The quantitative estimate of drug-likeness (QED) is 0.885. The fourth-order valence-electron chi connectivity index (χ4n) is 2.62. The average molecular weight is 274 g/mol. The highest BCUT2D eigenvalue weighted by Gasteiger charge is 2.31. The van der Waals surface area contributed by atoms with Crippen LogP contribution in [-0.2, 0) is 16.6 Å². The second-order valence-electron chi connectivity index (χ2n) is 6.17. The van der Waals surface area contributed by atoms with Crippen LogP contribution in [-0.4, -0.2) is 25.0 Å². The first-order valence-corrected chi connectivity index (χ1v) is 7.65. The Balaban J connectivity index is 2.05. The largest absolute Gasteiger partial charge is 0.353 e. The summed E-state index contributed by atoms with van der Waals surface area (Å²) in [7, 11) is 0. The summed E-state index contributed by atoms with van der Waals surface area (Å²) in [6, 6.07) is 8.73. The maximum absolute atomic E-state index is 12.6. The van der Waals surface area contributed by atoms with Gasteiger partial charge in [-0.15, -0.1) is 0 Å². The molecule has 0 bridgehead atoms. The van der Waals surface area contributed by atoms with Gasteiger partial charge in [0.1, 0.15) is 0 Å². The zero-order chi connectivity index (χ0) is 14.6. The van der Waals surface area contributed by atoms with Crippen LogP contribution in [0.15, 0.2) is 24.3 Å². The maximum atomic E-state index is 12.6. The molecule has 1 aliphatic heterocycles. The second-order valence-corrected chi connectivity index (χ2v) is 6.17. The Morgan fingerprint density at radius 1 is 1.25 bits per heavy atom. The molecule has 2 rings (SSSR count). The number of carbonyl (C=O) groups is 1. The van der Waals surface area contributed by atoms with E-state index in [0.29, 0.717) is 6.04 Å². The van der Waals surface area contributed by atoms with Gasteiger partial charge in [-0.1, -0.05) is 31.2 Å². The third kappa shape index (κ3) is 3.40. The highest BCUT2D eigenvalue weighted by molar-refractivity contribution is 5.87. The lowest BCUT2D eigenvalue weighted by Gasteiger charge is -2.30. The monoisotopic (exact) mass is 274 g/mol. The van der Waals surface area contributed by atoms with Crippen molar-refractivity contribution in [1.82, 2.24) is 10.6 Å². The first-order valence-electron chi connectivity index (χ1n) is 7.65. The molecule has 3 nitrogen and oxygen atoms in total. The zero-order valence-electron chi connectivity index (χ0n) is 12.8. The molecule has 1 heterocycles. The van der Waals surface area contributed by atoms with E-state index in [0.717, 1.165) is 37.9 Å². The average Bonchev–Trinajstić information content (AvgIpc) is 2.48. The molecule has 1 aromatic rings. The standard InChI is InChI=1S/C17H26N2O/c1-4-13-5-7-14(8-6-13)17(2,3)16(20)19-15-9-11-18-12-10-15/h5-8,15,18H,4,9-12H2,1-3H3,(H,19,20). The summed E-state index contributed by atoms with van der Waals surface area (Å²) in [5.41, 5.74) is 1.92. The molecular formula is C17H26N2O. The van der Waals surface area contributed by atoms with Crippen LogP contribution in [0.4, 0.5) is 0 Å².